The Labute approximate surface area is 146 Å². The van der Waals surface area contributed by atoms with Crippen LogP contribution >= 0.6 is 11.6 Å². The van der Waals surface area contributed by atoms with E-state index in [0.717, 1.165) is 0 Å². The van der Waals surface area contributed by atoms with Crippen LogP contribution in [-0.2, 0) is 19.9 Å². The first-order chi connectivity index (χ1) is 11.1. The van der Waals surface area contributed by atoms with Gasteiger partial charge in [-0.3, -0.25) is 14.6 Å². The van der Waals surface area contributed by atoms with Crippen LogP contribution in [0.25, 0.3) is 0 Å². The van der Waals surface area contributed by atoms with Crippen LogP contribution in [0.4, 0.5) is 4.39 Å². The van der Waals surface area contributed by atoms with Gasteiger partial charge in [-0.1, -0.05) is 32.4 Å². The molecule has 0 bridgehead atoms. The van der Waals surface area contributed by atoms with E-state index < -0.39 is 29.3 Å². The number of rotatable bonds is 7. The van der Waals surface area contributed by atoms with Crippen molar-refractivity contribution in [1.82, 2.24) is 15.3 Å². The van der Waals surface area contributed by atoms with Gasteiger partial charge >= 0.3 is 5.97 Å². The van der Waals surface area contributed by atoms with E-state index in [1.54, 1.807) is 20.8 Å². The SMILES string of the molecule is CCC(C(=O)NC(C)(C)c1ncc(Cl)nc1F)C(=O)OCC(C)C. The Morgan fingerprint density at radius 2 is 2.04 bits per heavy atom. The van der Waals surface area contributed by atoms with Crippen LogP contribution in [0.15, 0.2) is 6.20 Å². The third-order valence-corrected chi connectivity index (χ3v) is 3.48. The fraction of sp³-hybridized carbons (Fsp3) is 0.625. The number of amides is 1. The molecule has 1 rings (SSSR count). The maximum Gasteiger partial charge on any atom is 0.318 e. The molecule has 6 nitrogen and oxygen atoms in total. The molecule has 24 heavy (non-hydrogen) atoms. The van der Waals surface area contributed by atoms with E-state index in [9.17, 15) is 14.0 Å². The van der Waals surface area contributed by atoms with Gasteiger partial charge in [-0.05, 0) is 26.2 Å². The first kappa shape index (κ1) is 20.3. The molecule has 0 fully saturated rings. The van der Waals surface area contributed by atoms with Crippen molar-refractivity contribution < 1.29 is 18.7 Å². The topological polar surface area (TPSA) is 81.2 Å². The van der Waals surface area contributed by atoms with Crippen LogP contribution < -0.4 is 5.32 Å². The number of esters is 1. The van der Waals surface area contributed by atoms with E-state index in [-0.39, 0.29) is 29.8 Å². The second-order valence-electron chi connectivity index (χ2n) is 6.43. The average molecular weight is 360 g/mol. The molecule has 0 spiro atoms. The summed E-state index contributed by atoms with van der Waals surface area (Å²) in [6.07, 6.45) is 1.47. The molecule has 1 heterocycles. The van der Waals surface area contributed by atoms with Gasteiger partial charge in [0.2, 0.25) is 11.9 Å². The Morgan fingerprint density at radius 3 is 2.54 bits per heavy atom. The van der Waals surface area contributed by atoms with Gasteiger partial charge in [0.25, 0.3) is 0 Å². The van der Waals surface area contributed by atoms with Crippen molar-refractivity contribution in [2.75, 3.05) is 6.61 Å². The monoisotopic (exact) mass is 359 g/mol. The van der Waals surface area contributed by atoms with E-state index in [0.29, 0.717) is 0 Å². The maximum atomic E-state index is 13.9. The lowest BCUT2D eigenvalue weighted by molar-refractivity contribution is -0.154. The third-order valence-electron chi connectivity index (χ3n) is 3.30. The zero-order valence-electron chi connectivity index (χ0n) is 14.5. The van der Waals surface area contributed by atoms with Crippen molar-refractivity contribution in [2.45, 2.75) is 46.6 Å². The van der Waals surface area contributed by atoms with E-state index in [1.165, 1.54) is 6.20 Å². The summed E-state index contributed by atoms with van der Waals surface area (Å²) in [5.41, 5.74) is -1.23. The minimum atomic E-state index is -1.16. The maximum absolute atomic E-state index is 13.9. The number of hydrogen-bond donors (Lipinski definition) is 1. The zero-order chi connectivity index (χ0) is 18.5. The van der Waals surface area contributed by atoms with Crippen LogP contribution in [0.1, 0.15) is 46.7 Å². The summed E-state index contributed by atoms with van der Waals surface area (Å²) < 4.78 is 19.1. The van der Waals surface area contributed by atoms with Crippen LogP contribution in [0.3, 0.4) is 0 Å². The number of aromatic nitrogens is 2. The number of ether oxygens (including phenoxy) is 1. The highest BCUT2D eigenvalue weighted by molar-refractivity contribution is 6.29. The van der Waals surface area contributed by atoms with E-state index in [1.807, 2.05) is 13.8 Å². The highest BCUT2D eigenvalue weighted by atomic mass is 35.5. The largest absolute Gasteiger partial charge is 0.465 e. The lowest BCUT2D eigenvalue weighted by Crippen LogP contribution is -2.47. The Hall–Kier alpha value is -1.76. The van der Waals surface area contributed by atoms with E-state index >= 15 is 0 Å². The molecule has 134 valence electrons. The Kier molecular flexibility index (Phi) is 7.08. The van der Waals surface area contributed by atoms with Crippen molar-refractivity contribution in [1.29, 1.82) is 0 Å². The molecule has 1 atom stereocenters. The molecular formula is C16H23ClFN3O3. The number of nitrogens with one attached hydrogen (secondary N) is 1. The highest BCUT2D eigenvalue weighted by Gasteiger charge is 2.34. The molecule has 1 aromatic heterocycles. The third kappa shape index (κ3) is 5.40. The van der Waals surface area contributed by atoms with Crippen molar-refractivity contribution in [3.05, 3.63) is 23.0 Å². The highest BCUT2D eigenvalue weighted by Crippen LogP contribution is 2.22. The quantitative estimate of drug-likeness (QED) is 0.598. The first-order valence-corrected chi connectivity index (χ1v) is 8.13. The predicted octanol–water partition coefficient (Wildman–Crippen LogP) is 2.85. The van der Waals surface area contributed by atoms with Gasteiger partial charge in [-0.2, -0.15) is 4.39 Å². The molecule has 1 amide bonds. The second kappa shape index (κ2) is 8.37. The normalized spacial score (nSPS) is 12.8. The van der Waals surface area contributed by atoms with Crippen LogP contribution in [0, 0.1) is 17.8 Å². The minimum Gasteiger partial charge on any atom is -0.465 e. The Bertz CT molecular complexity index is 608. The summed E-state index contributed by atoms with van der Waals surface area (Å²) in [7, 11) is 0. The van der Waals surface area contributed by atoms with Gasteiger partial charge in [0.05, 0.1) is 18.3 Å². The number of hydrogen-bond acceptors (Lipinski definition) is 5. The number of nitrogens with zero attached hydrogens (tertiary/aromatic N) is 2. The van der Waals surface area contributed by atoms with Crippen LogP contribution in [0.5, 0.6) is 0 Å². The fourth-order valence-corrected chi connectivity index (χ4v) is 2.15. The zero-order valence-corrected chi connectivity index (χ0v) is 15.3. The first-order valence-electron chi connectivity index (χ1n) is 7.75. The van der Waals surface area contributed by atoms with Gasteiger partial charge in [0, 0.05) is 0 Å². The molecule has 1 aromatic rings. The summed E-state index contributed by atoms with van der Waals surface area (Å²) >= 11 is 5.59. The molecule has 0 aliphatic rings. The predicted molar refractivity (Wildman–Crippen MR) is 87.7 cm³/mol. The molecule has 0 radical (unpaired) electrons. The number of carbonyl (C=O) groups is 2. The van der Waals surface area contributed by atoms with Gasteiger partial charge in [-0.25, -0.2) is 4.98 Å². The molecule has 0 saturated heterocycles. The minimum absolute atomic E-state index is 0.0642. The lowest BCUT2D eigenvalue weighted by atomic mass is 9.97. The molecule has 0 saturated carbocycles. The average Bonchev–Trinajstić information content (AvgIpc) is 2.44. The molecule has 0 aliphatic heterocycles. The van der Waals surface area contributed by atoms with Gasteiger partial charge < -0.3 is 10.1 Å². The van der Waals surface area contributed by atoms with Crippen molar-refractivity contribution in [3.63, 3.8) is 0 Å². The summed E-state index contributed by atoms with van der Waals surface area (Å²) in [6, 6.07) is 0. The van der Waals surface area contributed by atoms with Crippen LogP contribution in [0.2, 0.25) is 5.15 Å². The molecule has 1 unspecified atom stereocenters. The number of carbonyl (C=O) groups excluding carboxylic acids is 2. The van der Waals surface area contributed by atoms with Gasteiger partial charge in [0.1, 0.15) is 11.6 Å². The molecule has 0 aromatic carbocycles. The van der Waals surface area contributed by atoms with Gasteiger partial charge in [0.15, 0.2) is 5.15 Å². The van der Waals surface area contributed by atoms with Crippen LogP contribution in [-0.4, -0.2) is 28.5 Å². The summed E-state index contributed by atoms with van der Waals surface area (Å²) in [6.45, 7) is 8.88. The summed E-state index contributed by atoms with van der Waals surface area (Å²) in [4.78, 5) is 31.9. The van der Waals surface area contributed by atoms with Crippen molar-refractivity contribution in [3.8, 4) is 0 Å². The number of halogens is 2. The van der Waals surface area contributed by atoms with Crippen molar-refractivity contribution in [2.24, 2.45) is 11.8 Å². The smallest absolute Gasteiger partial charge is 0.318 e. The second-order valence-corrected chi connectivity index (χ2v) is 6.82. The van der Waals surface area contributed by atoms with E-state index in [2.05, 4.69) is 15.3 Å². The Balaban J connectivity index is 2.87. The molecule has 8 heteroatoms. The van der Waals surface area contributed by atoms with Gasteiger partial charge in [-0.15, -0.1) is 0 Å². The van der Waals surface area contributed by atoms with E-state index in [4.69, 9.17) is 16.3 Å². The summed E-state index contributed by atoms with van der Waals surface area (Å²) in [5, 5.41) is 2.55. The summed E-state index contributed by atoms with van der Waals surface area (Å²) in [5.74, 6) is -2.81. The molecular weight excluding hydrogens is 337 g/mol. The fourth-order valence-electron chi connectivity index (χ4n) is 2.03. The molecule has 0 aliphatic carbocycles. The Morgan fingerprint density at radius 1 is 1.42 bits per heavy atom. The van der Waals surface area contributed by atoms with Crippen molar-refractivity contribution >= 4 is 23.5 Å². The molecule has 1 N–H and O–H groups in total. The standard InChI is InChI=1S/C16H23ClFN3O3/c1-6-10(15(23)24-8-9(2)3)14(22)21-16(4,5)12-13(18)20-11(17)7-19-12/h7,9-10H,6,8H2,1-5H3,(H,21,22). The lowest BCUT2D eigenvalue weighted by Gasteiger charge is -2.27.